The monoisotopic (exact) mass is 485 g/mol. The van der Waals surface area contributed by atoms with Crippen LogP contribution in [0.15, 0.2) is 71.2 Å². The van der Waals surface area contributed by atoms with Gasteiger partial charge in [0.2, 0.25) is 5.91 Å². The summed E-state index contributed by atoms with van der Waals surface area (Å²) in [4.78, 5) is 30.0. The van der Waals surface area contributed by atoms with Crippen LogP contribution in [0, 0.1) is 22.6 Å². The Hall–Kier alpha value is -3.96. The molecule has 2 N–H and O–H groups in total. The minimum Gasteiger partial charge on any atom is -0.383 e. The van der Waals surface area contributed by atoms with E-state index in [1.165, 1.54) is 17.0 Å². The Morgan fingerprint density at radius 1 is 1.11 bits per heavy atom. The van der Waals surface area contributed by atoms with Crippen molar-refractivity contribution in [2.45, 2.75) is 38.6 Å². The molecule has 0 saturated carbocycles. The zero-order chi connectivity index (χ0) is 26.0. The van der Waals surface area contributed by atoms with Crippen LogP contribution in [-0.4, -0.2) is 35.8 Å². The lowest BCUT2D eigenvalue weighted by atomic mass is 9.61. The Morgan fingerprint density at radius 3 is 2.50 bits per heavy atom. The average Bonchev–Trinajstić information content (AvgIpc) is 3.02. The van der Waals surface area contributed by atoms with Crippen LogP contribution < -0.4 is 10.6 Å². The number of benzene rings is 2. The molecule has 0 radical (unpaired) electrons. The minimum atomic E-state index is -1.65. The summed E-state index contributed by atoms with van der Waals surface area (Å²) in [5.74, 6) is -0.879. The molecule has 5 rings (SSSR count). The standard InChI is InChI=1S/C28H28FN5O2/c1-27(2)13-22-24(23(35)14-27)28(20(15-30)25(31)34(22)32(3)4)19-10-5-6-11-21(19)33(26(28)36)16-17-8-7-9-18(29)12-17/h5-12H,13-14,16,31H2,1-4H3/t28-/m0/s1. The van der Waals surface area contributed by atoms with Crippen LogP contribution in [0.1, 0.15) is 37.8 Å². The molecule has 3 aliphatic rings. The van der Waals surface area contributed by atoms with Crippen molar-refractivity contribution in [2.75, 3.05) is 19.0 Å². The molecule has 2 aliphatic heterocycles. The molecule has 0 fully saturated rings. The van der Waals surface area contributed by atoms with E-state index >= 15 is 0 Å². The maximum absolute atomic E-state index is 14.6. The van der Waals surface area contributed by atoms with E-state index in [1.807, 2.05) is 13.8 Å². The highest BCUT2D eigenvalue weighted by atomic mass is 19.1. The van der Waals surface area contributed by atoms with E-state index in [4.69, 9.17) is 5.73 Å². The Morgan fingerprint density at radius 2 is 1.83 bits per heavy atom. The van der Waals surface area contributed by atoms with Gasteiger partial charge in [0.15, 0.2) is 5.78 Å². The van der Waals surface area contributed by atoms with E-state index in [2.05, 4.69) is 6.07 Å². The highest BCUT2D eigenvalue weighted by Crippen LogP contribution is 2.58. The molecule has 1 atom stereocenters. The molecule has 2 aromatic rings. The second-order valence-electron chi connectivity index (χ2n) is 10.6. The second-order valence-corrected chi connectivity index (χ2v) is 10.6. The summed E-state index contributed by atoms with van der Waals surface area (Å²) in [6, 6.07) is 15.4. The van der Waals surface area contributed by atoms with Gasteiger partial charge in [-0.1, -0.05) is 44.2 Å². The summed E-state index contributed by atoms with van der Waals surface area (Å²) in [7, 11) is 3.58. The maximum atomic E-state index is 14.6. The fourth-order valence-electron chi connectivity index (χ4n) is 5.97. The van der Waals surface area contributed by atoms with Crippen molar-refractivity contribution in [1.29, 1.82) is 5.26 Å². The van der Waals surface area contributed by atoms with Gasteiger partial charge in [-0.15, -0.1) is 0 Å². The lowest BCUT2D eigenvalue weighted by Gasteiger charge is -2.48. The second kappa shape index (κ2) is 8.04. The van der Waals surface area contributed by atoms with Crippen molar-refractivity contribution in [3.05, 3.63) is 88.1 Å². The number of carbonyl (C=O) groups is 2. The van der Waals surface area contributed by atoms with E-state index in [0.717, 1.165) is 0 Å². The quantitative estimate of drug-likeness (QED) is 0.712. The number of carbonyl (C=O) groups excluding carboxylic acids is 2. The van der Waals surface area contributed by atoms with Crippen molar-refractivity contribution in [3.8, 4) is 6.07 Å². The molecule has 36 heavy (non-hydrogen) atoms. The number of rotatable bonds is 3. The highest BCUT2D eigenvalue weighted by Gasteiger charge is 2.63. The van der Waals surface area contributed by atoms with Crippen LogP contribution in [0.2, 0.25) is 0 Å². The lowest BCUT2D eigenvalue weighted by molar-refractivity contribution is -0.126. The fourth-order valence-corrected chi connectivity index (χ4v) is 5.97. The van der Waals surface area contributed by atoms with Crippen LogP contribution in [-0.2, 0) is 21.5 Å². The SMILES string of the molecule is CN(C)N1C(N)=C(C#N)[C@]2(C(=O)N(Cc3cccc(F)c3)c3ccccc32)C2=C1CC(C)(C)CC2=O. The molecular formula is C28H28FN5O2. The third-order valence-electron chi connectivity index (χ3n) is 7.25. The topological polar surface area (TPSA) is 93.7 Å². The maximum Gasteiger partial charge on any atom is 0.248 e. The number of nitriles is 1. The third kappa shape index (κ3) is 3.20. The Bertz CT molecular complexity index is 1420. The van der Waals surface area contributed by atoms with Gasteiger partial charge in [-0.2, -0.15) is 5.26 Å². The largest absolute Gasteiger partial charge is 0.383 e. The number of amides is 1. The smallest absolute Gasteiger partial charge is 0.248 e. The van der Waals surface area contributed by atoms with Crippen LogP contribution in [0.4, 0.5) is 10.1 Å². The van der Waals surface area contributed by atoms with Gasteiger partial charge in [-0.05, 0) is 35.6 Å². The predicted molar refractivity (Wildman–Crippen MR) is 133 cm³/mol. The van der Waals surface area contributed by atoms with Gasteiger partial charge in [0.25, 0.3) is 0 Å². The van der Waals surface area contributed by atoms with Gasteiger partial charge < -0.3 is 10.6 Å². The molecule has 184 valence electrons. The molecule has 8 heteroatoms. The van der Waals surface area contributed by atoms with E-state index in [1.54, 1.807) is 60.5 Å². The summed E-state index contributed by atoms with van der Waals surface area (Å²) >= 11 is 0. The van der Waals surface area contributed by atoms with Crippen LogP contribution in [0.5, 0.6) is 0 Å². The van der Waals surface area contributed by atoms with Crippen molar-refractivity contribution < 1.29 is 14.0 Å². The number of hydrogen-bond donors (Lipinski definition) is 1. The summed E-state index contributed by atoms with van der Waals surface area (Å²) in [6.07, 6.45) is 0.750. The molecule has 1 spiro atoms. The van der Waals surface area contributed by atoms with E-state index in [-0.39, 0.29) is 35.6 Å². The van der Waals surface area contributed by atoms with E-state index in [9.17, 15) is 19.2 Å². The normalized spacial score (nSPS) is 22.9. The van der Waals surface area contributed by atoms with Gasteiger partial charge in [-0.25, -0.2) is 9.40 Å². The number of fused-ring (bicyclic) bond motifs is 3. The molecule has 1 amide bonds. The first-order valence-corrected chi connectivity index (χ1v) is 11.8. The molecule has 2 aromatic carbocycles. The summed E-state index contributed by atoms with van der Waals surface area (Å²) in [5.41, 5.74) is 7.33. The Labute approximate surface area is 209 Å². The van der Waals surface area contributed by atoms with Gasteiger partial charge in [0.1, 0.15) is 23.1 Å². The molecule has 7 nitrogen and oxygen atoms in total. The Balaban J connectivity index is 1.82. The van der Waals surface area contributed by atoms with Crippen LogP contribution in [0.3, 0.4) is 0 Å². The summed E-state index contributed by atoms with van der Waals surface area (Å²) in [5, 5.41) is 13.9. The number of nitrogens with zero attached hydrogens (tertiary/aromatic N) is 4. The number of Topliss-reactive ketones (excluding diaryl/α,β-unsaturated/α-hetero) is 1. The van der Waals surface area contributed by atoms with E-state index in [0.29, 0.717) is 34.5 Å². The number of ketones is 1. The molecule has 0 bridgehead atoms. The molecule has 0 aromatic heterocycles. The molecule has 0 saturated heterocycles. The number of hydrogen-bond acceptors (Lipinski definition) is 6. The number of para-hydroxylation sites is 1. The molecule has 0 unspecified atom stereocenters. The third-order valence-corrected chi connectivity index (χ3v) is 7.25. The van der Waals surface area contributed by atoms with Gasteiger partial charge in [0.05, 0.1) is 12.1 Å². The van der Waals surface area contributed by atoms with Crippen LogP contribution in [0.25, 0.3) is 0 Å². The number of halogens is 1. The fraction of sp³-hybridized carbons (Fsp3) is 0.321. The predicted octanol–water partition coefficient (Wildman–Crippen LogP) is 3.74. The lowest BCUT2D eigenvalue weighted by Crippen LogP contribution is -2.55. The minimum absolute atomic E-state index is 0.0298. The van der Waals surface area contributed by atoms with Crippen molar-refractivity contribution in [3.63, 3.8) is 0 Å². The van der Waals surface area contributed by atoms with Gasteiger partial charge >= 0.3 is 0 Å². The van der Waals surface area contributed by atoms with Crippen molar-refractivity contribution in [1.82, 2.24) is 10.0 Å². The highest BCUT2D eigenvalue weighted by molar-refractivity contribution is 6.20. The van der Waals surface area contributed by atoms with Gasteiger partial charge in [0, 0.05) is 43.0 Å². The first-order chi connectivity index (χ1) is 17.0. The first-order valence-electron chi connectivity index (χ1n) is 11.8. The number of allylic oxidation sites excluding steroid dienone is 1. The number of anilines is 1. The molecule has 2 heterocycles. The summed E-state index contributed by atoms with van der Waals surface area (Å²) in [6.45, 7) is 4.11. The van der Waals surface area contributed by atoms with Crippen molar-refractivity contribution >= 4 is 17.4 Å². The zero-order valence-electron chi connectivity index (χ0n) is 20.8. The summed E-state index contributed by atoms with van der Waals surface area (Å²) < 4.78 is 14.0. The zero-order valence-corrected chi connectivity index (χ0v) is 20.8. The molecular weight excluding hydrogens is 457 g/mol. The van der Waals surface area contributed by atoms with Crippen molar-refractivity contribution in [2.24, 2.45) is 11.1 Å². The van der Waals surface area contributed by atoms with Crippen LogP contribution >= 0.6 is 0 Å². The number of nitrogens with two attached hydrogens (primary N) is 1. The van der Waals surface area contributed by atoms with Gasteiger partial charge in [-0.3, -0.25) is 14.6 Å². The van der Waals surface area contributed by atoms with E-state index < -0.39 is 17.1 Å². The molecule has 1 aliphatic carbocycles. The average molecular weight is 486 g/mol. The Kier molecular flexibility index (Phi) is 5.31. The number of hydrazine groups is 1. The first kappa shape index (κ1) is 23.8.